The van der Waals surface area contributed by atoms with Crippen LogP contribution in [0.4, 0.5) is 5.69 Å². The summed E-state index contributed by atoms with van der Waals surface area (Å²) in [6, 6.07) is 13.6. The number of imide groups is 1. The van der Waals surface area contributed by atoms with Crippen molar-refractivity contribution in [3.63, 3.8) is 0 Å². The van der Waals surface area contributed by atoms with Gasteiger partial charge in [0, 0.05) is 36.9 Å². The van der Waals surface area contributed by atoms with E-state index >= 15 is 0 Å². The van der Waals surface area contributed by atoms with Gasteiger partial charge in [-0.25, -0.2) is 0 Å². The average Bonchev–Trinajstić information content (AvgIpc) is 2.99. The number of benzene rings is 2. The van der Waals surface area contributed by atoms with Crippen LogP contribution in [0.5, 0.6) is 0 Å². The first-order chi connectivity index (χ1) is 14.4. The van der Waals surface area contributed by atoms with E-state index in [0.29, 0.717) is 42.3 Å². The van der Waals surface area contributed by atoms with Crippen LogP contribution in [0.25, 0.3) is 0 Å². The van der Waals surface area contributed by atoms with Gasteiger partial charge in [-0.15, -0.1) is 0 Å². The van der Waals surface area contributed by atoms with E-state index in [1.54, 1.807) is 29.2 Å². The van der Waals surface area contributed by atoms with Crippen LogP contribution in [0.2, 0.25) is 5.02 Å². The van der Waals surface area contributed by atoms with Crippen LogP contribution in [-0.2, 0) is 4.79 Å². The number of fused-ring (bicyclic) bond motifs is 1. The normalized spacial score (nSPS) is 17.5. The van der Waals surface area contributed by atoms with Gasteiger partial charge < -0.3 is 9.80 Å². The molecular formula is C23H24ClN3O3. The molecule has 0 aromatic heterocycles. The third-order valence-electron chi connectivity index (χ3n) is 5.75. The molecule has 2 aliphatic heterocycles. The molecule has 1 fully saturated rings. The Kier molecular flexibility index (Phi) is 5.52. The van der Waals surface area contributed by atoms with Gasteiger partial charge in [-0.05, 0) is 36.2 Å². The molecule has 156 valence electrons. The summed E-state index contributed by atoms with van der Waals surface area (Å²) in [5, 5.41) is 0.677. The fourth-order valence-corrected chi connectivity index (χ4v) is 4.38. The van der Waals surface area contributed by atoms with Crippen LogP contribution in [-0.4, -0.2) is 59.7 Å². The number of nitrogens with zero attached hydrogens (tertiary/aromatic N) is 3. The summed E-state index contributed by atoms with van der Waals surface area (Å²) in [5.74, 6) is -1.14. The lowest BCUT2D eigenvalue weighted by molar-refractivity contribution is -0.137. The Morgan fingerprint density at radius 1 is 0.900 bits per heavy atom. The zero-order valence-electron chi connectivity index (χ0n) is 17.0. The highest BCUT2D eigenvalue weighted by atomic mass is 35.5. The second kappa shape index (κ2) is 8.11. The molecule has 2 aliphatic rings. The predicted molar refractivity (Wildman–Crippen MR) is 116 cm³/mol. The van der Waals surface area contributed by atoms with Crippen LogP contribution >= 0.6 is 11.6 Å². The molecule has 30 heavy (non-hydrogen) atoms. The van der Waals surface area contributed by atoms with Gasteiger partial charge in [0.15, 0.2) is 0 Å². The van der Waals surface area contributed by atoms with Gasteiger partial charge in [-0.3, -0.25) is 19.3 Å². The number of anilines is 1. The zero-order valence-corrected chi connectivity index (χ0v) is 17.8. The summed E-state index contributed by atoms with van der Waals surface area (Å²) in [6.07, 6.45) is 0. The minimum absolute atomic E-state index is 0.176. The Hall–Kier alpha value is -2.86. The zero-order chi connectivity index (χ0) is 21.4. The van der Waals surface area contributed by atoms with Crippen molar-refractivity contribution < 1.29 is 14.4 Å². The highest BCUT2D eigenvalue weighted by Crippen LogP contribution is 2.28. The maximum absolute atomic E-state index is 13.4. The van der Waals surface area contributed by atoms with Crippen molar-refractivity contribution >= 4 is 35.0 Å². The first-order valence-corrected chi connectivity index (χ1v) is 10.5. The number of rotatable bonds is 4. The van der Waals surface area contributed by atoms with Crippen molar-refractivity contribution in [1.82, 2.24) is 9.80 Å². The van der Waals surface area contributed by atoms with Crippen LogP contribution in [0.3, 0.4) is 0 Å². The highest BCUT2D eigenvalue weighted by molar-refractivity contribution is 6.30. The molecule has 2 aromatic carbocycles. The minimum Gasteiger partial charge on any atom is -0.368 e. The number of piperazine rings is 1. The molecule has 0 bridgehead atoms. The summed E-state index contributed by atoms with van der Waals surface area (Å²) >= 11 is 6.10. The van der Waals surface area contributed by atoms with E-state index < -0.39 is 6.04 Å². The van der Waals surface area contributed by atoms with E-state index in [1.807, 2.05) is 38.1 Å². The summed E-state index contributed by atoms with van der Waals surface area (Å²) in [5.41, 5.74) is 1.76. The molecule has 4 rings (SSSR count). The molecule has 1 unspecified atom stereocenters. The standard InChI is InChI=1S/C23H24ClN3O3/c1-15(2)20(27-21(28)18-8-3-4-9-19(18)22(27)29)23(30)26-12-10-25(11-13-26)17-7-5-6-16(24)14-17/h3-9,14-15,20H,10-13H2,1-2H3. The molecule has 2 aromatic rings. The molecule has 1 atom stereocenters. The SMILES string of the molecule is CC(C)C(C(=O)N1CCN(c2cccc(Cl)c2)CC1)N1C(=O)c2ccccc2C1=O. The monoisotopic (exact) mass is 425 g/mol. The lowest BCUT2D eigenvalue weighted by atomic mass is 10.0. The molecule has 0 radical (unpaired) electrons. The summed E-state index contributed by atoms with van der Waals surface area (Å²) in [7, 11) is 0. The van der Waals surface area contributed by atoms with Gasteiger partial charge in [-0.1, -0.05) is 43.6 Å². The van der Waals surface area contributed by atoms with Crippen molar-refractivity contribution in [2.45, 2.75) is 19.9 Å². The number of carbonyl (C=O) groups is 3. The van der Waals surface area contributed by atoms with Gasteiger partial charge in [0.05, 0.1) is 11.1 Å². The third kappa shape index (κ3) is 3.56. The maximum Gasteiger partial charge on any atom is 0.262 e. The molecule has 3 amide bonds. The Bertz CT molecular complexity index is 964. The lowest BCUT2D eigenvalue weighted by Gasteiger charge is -2.39. The topological polar surface area (TPSA) is 60.9 Å². The molecule has 0 N–H and O–H groups in total. The van der Waals surface area contributed by atoms with Crippen LogP contribution in [0.15, 0.2) is 48.5 Å². The Morgan fingerprint density at radius 2 is 1.50 bits per heavy atom. The van der Waals surface area contributed by atoms with Crippen LogP contribution < -0.4 is 4.90 Å². The third-order valence-corrected chi connectivity index (χ3v) is 5.99. The molecule has 0 saturated carbocycles. The molecule has 6 nitrogen and oxygen atoms in total. The van der Waals surface area contributed by atoms with Crippen LogP contribution in [0, 0.1) is 5.92 Å². The van der Waals surface area contributed by atoms with Gasteiger partial charge >= 0.3 is 0 Å². The van der Waals surface area contributed by atoms with E-state index in [1.165, 1.54) is 0 Å². The van der Waals surface area contributed by atoms with E-state index in [4.69, 9.17) is 11.6 Å². The Morgan fingerprint density at radius 3 is 2.03 bits per heavy atom. The Labute approximate surface area is 181 Å². The molecule has 0 aliphatic carbocycles. The predicted octanol–water partition coefficient (Wildman–Crippen LogP) is 3.31. The first-order valence-electron chi connectivity index (χ1n) is 10.1. The minimum atomic E-state index is -0.810. The van der Waals surface area contributed by atoms with E-state index in [9.17, 15) is 14.4 Å². The first kappa shape index (κ1) is 20.4. The Balaban J connectivity index is 1.50. The molecule has 7 heteroatoms. The number of hydrogen-bond acceptors (Lipinski definition) is 4. The van der Waals surface area contributed by atoms with Gasteiger partial charge in [0.1, 0.15) is 6.04 Å². The highest BCUT2D eigenvalue weighted by Gasteiger charge is 2.45. The number of carbonyl (C=O) groups excluding carboxylic acids is 3. The second-order valence-electron chi connectivity index (χ2n) is 8.01. The number of halogens is 1. The summed E-state index contributed by atoms with van der Waals surface area (Å²) in [6.45, 7) is 6.12. The van der Waals surface area contributed by atoms with E-state index in [2.05, 4.69) is 4.90 Å². The van der Waals surface area contributed by atoms with E-state index in [0.717, 1.165) is 10.6 Å². The summed E-state index contributed by atoms with van der Waals surface area (Å²) < 4.78 is 0. The maximum atomic E-state index is 13.4. The molecule has 2 heterocycles. The molecular weight excluding hydrogens is 402 g/mol. The fraction of sp³-hybridized carbons (Fsp3) is 0.348. The average molecular weight is 426 g/mol. The quantitative estimate of drug-likeness (QED) is 0.705. The van der Waals surface area contributed by atoms with Crippen LogP contribution in [0.1, 0.15) is 34.6 Å². The van der Waals surface area contributed by atoms with E-state index in [-0.39, 0.29) is 23.6 Å². The van der Waals surface area contributed by atoms with Crippen molar-refractivity contribution in [3.05, 3.63) is 64.7 Å². The molecule has 0 spiro atoms. The van der Waals surface area contributed by atoms with Crippen molar-refractivity contribution in [3.8, 4) is 0 Å². The largest absolute Gasteiger partial charge is 0.368 e. The van der Waals surface area contributed by atoms with Gasteiger partial charge in [-0.2, -0.15) is 0 Å². The lowest BCUT2D eigenvalue weighted by Crippen LogP contribution is -2.57. The fourth-order valence-electron chi connectivity index (χ4n) is 4.20. The smallest absolute Gasteiger partial charge is 0.262 e. The number of amides is 3. The van der Waals surface area contributed by atoms with Gasteiger partial charge in [0.25, 0.3) is 11.8 Å². The van der Waals surface area contributed by atoms with Crippen molar-refractivity contribution in [2.24, 2.45) is 5.92 Å². The van der Waals surface area contributed by atoms with Crippen molar-refractivity contribution in [2.75, 3.05) is 31.1 Å². The number of hydrogen-bond donors (Lipinski definition) is 0. The molecule has 1 saturated heterocycles. The second-order valence-corrected chi connectivity index (χ2v) is 8.44. The van der Waals surface area contributed by atoms with Gasteiger partial charge in [0.2, 0.25) is 5.91 Å². The van der Waals surface area contributed by atoms with Crippen molar-refractivity contribution in [1.29, 1.82) is 0 Å². The summed E-state index contributed by atoms with van der Waals surface area (Å²) in [4.78, 5) is 44.3.